The maximum absolute atomic E-state index is 13.1. The topological polar surface area (TPSA) is 46.6 Å². The van der Waals surface area contributed by atoms with E-state index in [4.69, 9.17) is 4.74 Å². The minimum Gasteiger partial charge on any atom is -0.465 e. The first kappa shape index (κ1) is 20.8. The Morgan fingerprint density at radius 2 is 2.07 bits per heavy atom. The van der Waals surface area contributed by atoms with Gasteiger partial charge < -0.3 is 4.74 Å². The standard InChI is InChI=1S/C23H29NO3/c1-4-7-11-19(5-2)16-23(22(26)27-6-3)14-15-24(18-21(23)25)17-20-12-9-8-10-13-20/h4-5,7-13H,2,6,14-18H2,1,3H3/b7-4-,19-11+. The van der Waals surface area contributed by atoms with Gasteiger partial charge in [0.05, 0.1) is 13.2 Å². The van der Waals surface area contributed by atoms with Crippen molar-refractivity contribution in [3.05, 3.63) is 72.4 Å². The monoisotopic (exact) mass is 367 g/mol. The molecule has 0 N–H and O–H groups in total. The van der Waals surface area contributed by atoms with Crippen LogP contribution in [0.15, 0.2) is 66.8 Å². The van der Waals surface area contributed by atoms with Crippen LogP contribution in [0.2, 0.25) is 0 Å². The molecule has 1 saturated heterocycles. The van der Waals surface area contributed by atoms with Gasteiger partial charge in [-0.05, 0) is 37.8 Å². The zero-order valence-corrected chi connectivity index (χ0v) is 16.3. The molecule has 1 fully saturated rings. The van der Waals surface area contributed by atoms with Gasteiger partial charge in [0.15, 0.2) is 5.78 Å². The van der Waals surface area contributed by atoms with Gasteiger partial charge in [-0.25, -0.2) is 0 Å². The number of allylic oxidation sites excluding steroid dienone is 5. The van der Waals surface area contributed by atoms with Crippen molar-refractivity contribution in [3.8, 4) is 0 Å². The van der Waals surface area contributed by atoms with Gasteiger partial charge in [-0.3, -0.25) is 14.5 Å². The first-order valence-electron chi connectivity index (χ1n) is 9.46. The van der Waals surface area contributed by atoms with E-state index in [0.717, 1.165) is 11.1 Å². The fourth-order valence-corrected chi connectivity index (χ4v) is 3.41. The van der Waals surface area contributed by atoms with Gasteiger partial charge in [0, 0.05) is 13.1 Å². The van der Waals surface area contributed by atoms with Gasteiger partial charge in [0.2, 0.25) is 0 Å². The number of piperidine rings is 1. The zero-order chi connectivity index (χ0) is 19.7. The van der Waals surface area contributed by atoms with Crippen LogP contribution in [-0.2, 0) is 20.9 Å². The minimum absolute atomic E-state index is 0.0728. The molecule has 1 aromatic rings. The smallest absolute Gasteiger partial charge is 0.320 e. The molecule has 0 radical (unpaired) electrons. The molecule has 0 aromatic heterocycles. The second-order valence-electron chi connectivity index (χ2n) is 6.82. The predicted molar refractivity (Wildman–Crippen MR) is 108 cm³/mol. The highest BCUT2D eigenvalue weighted by Gasteiger charge is 2.49. The second-order valence-corrected chi connectivity index (χ2v) is 6.82. The Morgan fingerprint density at radius 3 is 2.67 bits per heavy atom. The number of likely N-dealkylation sites (tertiary alicyclic amines) is 1. The summed E-state index contributed by atoms with van der Waals surface area (Å²) in [6.45, 7) is 9.42. The molecule has 1 aliphatic heterocycles. The number of Topliss-reactive ketones (excluding diaryl/α,β-unsaturated/α-hetero) is 1. The molecule has 1 atom stereocenters. The van der Waals surface area contributed by atoms with Crippen molar-refractivity contribution in [2.45, 2.75) is 33.2 Å². The van der Waals surface area contributed by atoms with Gasteiger partial charge in [-0.15, -0.1) is 0 Å². The number of nitrogens with zero attached hydrogens (tertiary/aromatic N) is 1. The van der Waals surface area contributed by atoms with E-state index in [0.29, 0.717) is 25.9 Å². The number of hydrogen-bond donors (Lipinski definition) is 0. The van der Waals surface area contributed by atoms with Crippen LogP contribution >= 0.6 is 0 Å². The molecule has 2 rings (SSSR count). The summed E-state index contributed by atoms with van der Waals surface area (Å²) >= 11 is 0. The summed E-state index contributed by atoms with van der Waals surface area (Å²) in [6.07, 6.45) is 8.20. The molecule has 0 bridgehead atoms. The lowest BCUT2D eigenvalue weighted by molar-refractivity contribution is -0.163. The second kappa shape index (κ2) is 10.0. The highest BCUT2D eigenvalue weighted by molar-refractivity contribution is 6.05. The lowest BCUT2D eigenvalue weighted by atomic mass is 9.72. The van der Waals surface area contributed by atoms with E-state index in [2.05, 4.69) is 11.5 Å². The van der Waals surface area contributed by atoms with Crippen molar-refractivity contribution < 1.29 is 14.3 Å². The summed E-state index contributed by atoms with van der Waals surface area (Å²) in [5, 5.41) is 0. The molecule has 1 aromatic carbocycles. The SMILES string of the molecule is C=C/C(=C\C=C/C)CC1(C(=O)OCC)CCN(Cc2ccccc2)CC1=O. The van der Waals surface area contributed by atoms with Crippen molar-refractivity contribution in [3.63, 3.8) is 0 Å². The van der Waals surface area contributed by atoms with Crippen LogP contribution in [-0.4, -0.2) is 36.3 Å². The lowest BCUT2D eigenvalue weighted by Gasteiger charge is -2.38. The van der Waals surface area contributed by atoms with Gasteiger partial charge in [0.25, 0.3) is 0 Å². The quantitative estimate of drug-likeness (QED) is 0.394. The number of carbonyl (C=O) groups excluding carboxylic acids is 2. The average molecular weight is 367 g/mol. The molecule has 4 heteroatoms. The molecule has 144 valence electrons. The zero-order valence-electron chi connectivity index (χ0n) is 16.3. The van der Waals surface area contributed by atoms with E-state index < -0.39 is 11.4 Å². The first-order valence-corrected chi connectivity index (χ1v) is 9.46. The Bertz CT molecular complexity index is 720. The van der Waals surface area contributed by atoms with Crippen LogP contribution in [0.5, 0.6) is 0 Å². The van der Waals surface area contributed by atoms with E-state index in [1.165, 1.54) is 0 Å². The van der Waals surface area contributed by atoms with Crippen molar-refractivity contribution in [2.24, 2.45) is 5.41 Å². The molecule has 1 heterocycles. The fourth-order valence-electron chi connectivity index (χ4n) is 3.41. The molecule has 4 nitrogen and oxygen atoms in total. The molecule has 27 heavy (non-hydrogen) atoms. The lowest BCUT2D eigenvalue weighted by Crippen LogP contribution is -2.52. The summed E-state index contributed by atoms with van der Waals surface area (Å²) in [7, 11) is 0. The summed E-state index contributed by atoms with van der Waals surface area (Å²) in [6, 6.07) is 10.1. The Balaban J connectivity index is 2.21. The van der Waals surface area contributed by atoms with Gasteiger partial charge >= 0.3 is 5.97 Å². The normalized spacial score (nSPS) is 21.4. The molecule has 0 spiro atoms. The van der Waals surface area contributed by atoms with E-state index in [-0.39, 0.29) is 18.9 Å². The molecule has 1 aliphatic rings. The third-order valence-corrected chi connectivity index (χ3v) is 4.94. The van der Waals surface area contributed by atoms with Gasteiger partial charge in [-0.1, -0.05) is 61.2 Å². The fraction of sp³-hybridized carbons (Fsp3) is 0.391. The number of rotatable bonds is 8. The third kappa shape index (κ3) is 5.27. The number of ketones is 1. The van der Waals surface area contributed by atoms with Gasteiger partial charge in [0.1, 0.15) is 5.41 Å². The third-order valence-electron chi connectivity index (χ3n) is 4.94. The molecule has 0 aliphatic carbocycles. The summed E-state index contributed by atoms with van der Waals surface area (Å²) in [5.74, 6) is -0.487. The molecular weight excluding hydrogens is 338 g/mol. The van der Waals surface area contributed by atoms with Crippen LogP contribution in [0.25, 0.3) is 0 Å². The summed E-state index contributed by atoms with van der Waals surface area (Å²) in [4.78, 5) is 28.0. The maximum atomic E-state index is 13.1. The van der Waals surface area contributed by atoms with Crippen LogP contribution in [0.3, 0.4) is 0 Å². The van der Waals surface area contributed by atoms with E-state index in [1.54, 1.807) is 13.0 Å². The van der Waals surface area contributed by atoms with Crippen molar-refractivity contribution in [1.29, 1.82) is 0 Å². The Morgan fingerprint density at radius 1 is 1.33 bits per heavy atom. The van der Waals surface area contributed by atoms with Crippen molar-refractivity contribution >= 4 is 11.8 Å². The minimum atomic E-state index is -1.12. The number of carbonyl (C=O) groups is 2. The predicted octanol–water partition coefficient (Wildman–Crippen LogP) is 4.09. The number of hydrogen-bond acceptors (Lipinski definition) is 4. The summed E-state index contributed by atoms with van der Waals surface area (Å²) in [5.41, 5.74) is 0.907. The van der Waals surface area contributed by atoms with E-state index in [9.17, 15) is 9.59 Å². The summed E-state index contributed by atoms with van der Waals surface area (Å²) < 4.78 is 5.30. The Kier molecular flexibility index (Phi) is 7.74. The van der Waals surface area contributed by atoms with Crippen LogP contribution < -0.4 is 0 Å². The van der Waals surface area contributed by atoms with Crippen molar-refractivity contribution in [1.82, 2.24) is 4.90 Å². The number of esters is 1. The maximum Gasteiger partial charge on any atom is 0.320 e. The number of ether oxygens (including phenoxy) is 1. The Hall–Kier alpha value is -2.46. The van der Waals surface area contributed by atoms with E-state index >= 15 is 0 Å². The molecule has 0 amide bonds. The number of benzene rings is 1. The first-order chi connectivity index (χ1) is 13.1. The largest absolute Gasteiger partial charge is 0.465 e. The molecular formula is C23H29NO3. The average Bonchev–Trinajstić information content (AvgIpc) is 2.68. The molecule has 1 unspecified atom stereocenters. The van der Waals surface area contributed by atoms with Crippen LogP contribution in [0, 0.1) is 5.41 Å². The van der Waals surface area contributed by atoms with Crippen LogP contribution in [0.4, 0.5) is 0 Å². The highest BCUT2D eigenvalue weighted by atomic mass is 16.5. The highest BCUT2D eigenvalue weighted by Crippen LogP contribution is 2.37. The Labute approximate surface area is 162 Å². The molecule has 0 saturated carbocycles. The van der Waals surface area contributed by atoms with Crippen LogP contribution in [0.1, 0.15) is 32.3 Å². The van der Waals surface area contributed by atoms with Gasteiger partial charge in [-0.2, -0.15) is 0 Å². The van der Waals surface area contributed by atoms with Crippen molar-refractivity contribution in [2.75, 3.05) is 19.7 Å². The van der Waals surface area contributed by atoms with E-state index in [1.807, 2.05) is 55.5 Å².